The van der Waals surface area contributed by atoms with Gasteiger partial charge in [0.1, 0.15) is 5.60 Å². The number of aryl methyl sites for hydroxylation is 1. The van der Waals surface area contributed by atoms with Gasteiger partial charge in [-0.2, -0.15) is 0 Å². The quantitative estimate of drug-likeness (QED) is 0.773. The number of hydrogen-bond acceptors (Lipinski definition) is 2. The first-order valence-electron chi connectivity index (χ1n) is 5.63. The van der Waals surface area contributed by atoms with Gasteiger partial charge in [-0.15, -0.1) is 0 Å². The topological polar surface area (TPSA) is 32.3 Å². The second-order valence-corrected chi connectivity index (χ2v) is 4.66. The van der Waals surface area contributed by atoms with Gasteiger partial charge >= 0.3 is 0 Å². The van der Waals surface area contributed by atoms with Crippen LogP contribution in [0.1, 0.15) is 30.9 Å². The van der Waals surface area contributed by atoms with Crippen LogP contribution >= 0.6 is 0 Å². The second kappa shape index (κ2) is 3.95. The molecule has 0 bridgehead atoms. The Morgan fingerprint density at radius 2 is 2.00 bits per heavy atom. The van der Waals surface area contributed by atoms with Crippen molar-refractivity contribution < 1.29 is 5.11 Å². The molecule has 1 aromatic carbocycles. The number of nitrogens with one attached hydrogen (secondary N) is 1. The van der Waals surface area contributed by atoms with Crippen LogP contribution in [-0.4, -0.2) is 17.7 Å². The van der Waals surface area contributed by atoms with E-state index in [0.717, 1.165) is 24.9 Å². The van der Waals surface area contributed by atoms with Gasteiger partial charge in [-0.05, 0) is 38.8 Å². The molecule has 2 heteroatoms. The van der Waals surface area contributed by atoms with Crippen molar-refractivity contribution in [1.82, 2.24) is 5.32 Å². The molecule has 1 saturated heterocycles. The lowest BCUT2D eigenvalue weighted by Gasteiger charge is -2.30. The van der Waals surface area contributed by atoms with Gasteiger partial charge in [0.05, 0.1) is 0 Å². The van der Waals surface area contributed by atoms with E-state index < -0.39 is 5.60 Å². The molecular formula is C13H19NO. The van der Waals surface area contributed by atoms with Crippen LogP contribution < -0.4 is 5.32 Å². The average molecular weight is 205 g/mol. The predicted octanol–water partition coefficient (Wildman–Crippen LogP) is 1.95. The van der Waals surface area contributed by atoms with Gasteiger partial charge in [-0.3, -0.25) is 0 Å². The molecule has 0 saturated carbocycles. The first-order chi connectivity index (χ1) is 7.10. The maximum Gasteiger partial charge on any atom is 0.102 e. The van der Waals surface area contributed by atoms with E-state index in [1.807, 2.05) is 19.1 Å². The highest BCUT2D eigenvalue weighted by Gasteiger charge is 2.35. The summed E-state index contributed by atoms with van der Waals surface area (Å²) in [7, 11) is 0. The standard InChI is InChI=1S/C13H19NO/c1-10-5-7-11(8-6-10)13(2,15)12-4-3-9-14-12/h5-8,12,14-15H,3-4,9H2,1-2H3/t12-,13?/m0/s1. The molecule has 0 aromatic heterocycles. The molecule has 0 radical (unpaired) electrons. The minimum absolute atomic E-state index is 0.195. The smallest absolute Gasteiger partial charge is 0.102 e. The molecule has 1 unspecified atom stereocenters. The molecule has 1 aromatic rings. The second-order valence-electron chi connectivity index (χ2n) is 4.66. The van der Waals surface area contributed by atoms with E-state index in [1.54, 1.807) is 0 Å². The van der Waals surface area contributed by atoms with Crippen molar-refractivity contribution in [3.05, 3.63) is 35.4 Å². The van der Waals surface area contributed by atoms with E-state index in [1.165, 1.54) is 5.56 Å². The Balaban J connectivity index is 2.23. The van der Waals surface area contributed by atoms with Crippen molar-refractivity contribution in [3.63, 3.8) is 0 Å². The fourth-order valence-electron chi connectivity index (χ4n) is 2.26. The van der Waals surface area contributed by atoms with E-state index >= 15 is 0 Å². The molecule has 15 heavy (non-hydrogen) atoms. The third-order valence-corrected chi connectivity index (χ3v) is 3.37. The predicted molar refractivity (Wildman–Crippen MR) is 61.8 cm³/mol. The Labute approximate surface area is 91.3 Å². The minimum atomic E-state index is -0.746. The first kappa shape index (κ1) is 10.7. The summed E-state index contributed by atoms with van der Waals surface area (Å²) >= 11 is 0. The first-order valence-corrected chi connectivity index (χ1v) is 5.63. The molecular weight excluding hydrogens is 186 g/mol. The molecule has 1 aliphatic rings. The molecule has 82 valence electrons. The summed E-state index contributed by atoms with van der Waals surface area (Å²) < 4.78 is 0. The monoisotopic (exact) mass is 205 g/mol. The Hall–Kier alpha value is -0.860. The van der Waals surface area contributed by atoms with Crippen molar-refractivity contribution in [1.29, 1.82) is 0 Å². The summed E-state index contributed by atoms with van der Waals surface area (Å²) in [6, 6.07) is 8.35. The third-order valence-electron chi connectivity index (χ3n) is 3.37. The van der Waals surface area contributed by atoms with Crippen LogP contribution in [0, 0.1) is 6.92 Å². The zero-order valence-electron chi connectivity index (χ0n) is 9.46. The Morgan fingerprint density at radius 1 is 1.33 bits per heavy atom. The van der Waals surface area contributed by atoms with Crippen molar-refractivity contribution in [2.45, 2.75) is 38.3 Å². The van der Waals surface area contributed by atoms with Gasteiger partial charge < -0.3 is 10.4 Å². The highest BCUT2D eigenvalue weighted by Crippen LogP contribution is 2.29. The van der Waals surface area contributed by atoms with Crippen LogP contribution in [0.5, 0.6) is 0 Å². The number of aliphatic hydroxyl groups is 1. The summed E-state index contributed by atoms with van der Waals surface area (Å²) in [6.07, 6.45) is 2.22. The fourth-order valence-corrected chi connectivity index (χ4v) is 2.26. The van der Waals surface area contributed by atoms with E-state index in [0.29, 0.717) is 0 Å². The molecule has 0 spiro atoms. The molecule has 2 atom stereocenters. The Bertz CT molecular complexity index is 323. The normalized spacial score (nSPS) is 25.1. The molecule has 2 nitrogen and oxygen atoms in total. The Morgan fingerprint density at radius 3 is 2.53 bits per heavy atom. The lowest BCUT2D eigenvalue weighted by Crippen LogP contribution is -2.42. The SMILES string of the molecule is Cc1ccc(C(C)(O)[C@@H]2CCCN2)cc1. The number of rotatable bonds is 2. The number of benzene rings is 1. The highest BCUT2D eigenvalue weighted by atomic mass is 16.3. The largest absolute Gasteiger partial charge is 0.384 e. The van der Waals surface area contributed by atoms with Gasteiger partial charge in [0.2, 0.25) is 0 Å². The van der Waals surface area contributed by atoms with Gasteiger partial charge in [0, 0.05) is 6.04 Å². The van der Waals surface area contributed by atoms with Crippen LogP contribution in [0.4, 0.5) is 0 Å². The molecule has 1 aliphatic heterocycles. The van der Waals surface area contributed by atoms with E-state index in [-0.39, 0.29) is 6.04 Å². The lowest BCUT2D eigenvalue weighted by atomic mass is 9.87. The molecule has 1 heterocycles. The average Bonchev–Trinajstić information content (AvgIpc) is 2.71. The van der Waals surface area contributed by atoms with Crippen LogP contribution in [0.3, 0.4) is 0 Å². The zero-order valence-corrected chi connectivity index (χ0v) is 9.46. The minimum Gasteiger partial charge on any atom is -0.384 e. The van der Waals surface area contributed by atoms with Crippen LogP contribution in [0.25, 0.3) is 0 Å². The molecule has 1 fully saturated rings. The third kappa shape index (κ3) is 2.06. The van der Waals surface area contributed by atoms with Crippen LogP contribution in [0.2, 0.25) is 0 Å². The van der Waals surface area contributed by atoms with Gasteiger partial charge in [0.15, 0.2) is 0 Å². The lowest BCUT2D eigenvalue weighted by molar-refractivity contribution is 0.0218. The summed E-state index contributed by atoms with van der Waals surface area (Å²) in [4.78, 5) is 0. The van der Waals surface area contributed by atoms with E-state index in [2.05, 4.69) is 24.4 Å². The molecule has 2 N–H and O–H groups in total. The van der Waals surface area contributed by atoms with E-state index in [4.69, 9.17) is 0 Å². The van der Waals surface area contributed by atoms with Crippen LogP contribution in [0.15, 0.2) is 24.3 Å². The van der Waals surface area contributed by atoms with Crippen LogP contribution in [-0.2, 0) is 5.60 Å². The maximum atomic E-state index is 10.5. The molecule has 0 aliphatic carbocycles. The molecule has 2 rings (SSSR count). The van der Waals surface area contributed by atoms with Crippen molar-refractivity contribution in [2.24, 2.45) is 0 Å². The summed E-state index contributed by atoms with van der Waals surface area (Å²) in [5, 5.41) is 13.9. The summed E-state index contributed by atoms with van der Waals surface area (Å²) in [5.41, 5.74) is 1.49. The van der Waals surface area contributed by atoms with Gasteiger partial charge in [-0.25, -0.2) is 0 Å². The highest BCUT2D eigenvalue weighted by molar-refractivity contribution is 5.27. The zero-order chi connectivity index (χ0) is 10.9. The van der Waals surface area contributed by atoms with Crippen molar-refractivity contribution in [2.75, 3.05) is 6.54 Å². The van der Waals surface area contributed by atoms with Crippen molar-refractivity contribution in [3.8, 4) is 0 Å². The number of hydrogen-bond donors (Lipinski definition) is 2. The molecule has 0 amide bonds. The fraction of sp³-hybridized carbons (Fsp3) is 0.538. The Kier molecular flexibility index (Phi) is 2.81. The summed E-state index contributed by atoms with van der Waals surface area (Å²) in [6.45, 7) is 4.99. The summed E-state index contributed by atoms with van der Waals surface area (Å²) in [5.74, 6) is 0. The maximum absolute atomic E-state index is 10.5. The van der Waals surface area contributed by atoms with E-state index in [9.17, 15) is 5.11 Å². The van der Waals surface area contributed by atoms with Gasteiger partial charge in [0.25, 0.3) is 0 Å². The van der Waals surface area contributed by atoms with Gasteiger partial charge in [-0.1, -0.05) is 29.8 Å². The van der Waals surface area contributed by atoms with Crippen molar-refractivity contribution >= 4 is 0 Å².